The number of amides is 1. The number of hydrogen-bond acceptors (Lipinski definition) is 2. The molecule has 0 aliphatic heterocycles. The van der Waals surface area contributed by atoms with Gasteiger partial charge in [0.05, 0.1) is 0 Å². The Kier molecular flexibility index (Phi) is 4.48. The highest BCUT2D eigenvalue weighted by atomic mass is 16.4. The minimum Gasteiger partial charge on any atom is -0.480 e. The van der Waals surface area contributed by atoms with Crippen molar-refractivity contribution in [1.29, 1.82) is 0 Å². The van der Waals surface area contributed by atoms with Gasteiger partial charge in [0.15, 0.2) is 0 Å². The molecular formula is C14H19NO3. The van der Waals surface area contributed by atoms with E-state index in [4.69, 9.17) is 0 Å². The van der Waals surface area contributed by atoms with Crippen LogP contribution in [0.25, 0.3) is 0 Å². The van der Waals surface area contributed by atoms with E-state index in [1.54, 1.807) is 13.8 Å². The zero-order valence-electron chi connectivity index (χ0n) is 11.2. The van der Waals surface area contributed by atoms with Crippen molar-refractivity contribution < 1.29 is 14.7 Å². The maximum Gasteiger partial charge on any atom is 0.327 e. The molecule has 0 aromatic heterocycles. The second-order valence-corrected chi connectivity index (χ2v) is 4.83. The number of nitrogens with zero attached hydrogens (tertiary/aromatic N) is 1. The molecule has 1 atom stereocenters. The standard InChI is InChI=1S/C14H19NO3/c1-9(2)13(14(17)18)15(8-16)12-7-10(3)5-6-11(12)4/h5-9,13H,1-4H3,(H,17,18). The molecule has 1 aromatic rings. The molecule has 1 rings (SSSR count). The van der Waals surface area contributed by atoms with Gasteiger partial charge in [0.1, 0.15) is 6.04 Å². The summed E-state index contributed by atoms with van der Waals surface area (Å²) in [7, 11) is 0. The Morgan fingerprint density at radius 2 is 1.94 bits per heavy atom. The lowest BCUT2D eigenvalue weighted by Gasteiger charge is -2.29. The molecule has 98 valence electrons. The fourth-order valence-electron chi connectivity index (χ4n) is 2.00. The van der Waals surface area contributed by atoms with Crippen LogP contribution in [-0.4, -0.2) is 23.5 Å². The number of carboxylic acid groups (broad SMARTS) is 1. The molecule has 1 aromatic carbocycles. The molecule has 0 radical (unpaired) electrons. The van der Waals surface area contributed by atoms with E-state index in [9.17, 15) is 14.7 Å². The molecule has 0 aliphatic carbocycles. The monoisotopic (exact) mass is 249 g/mol. The summed E-state index contributed by atoms with van der Waals surface area (Å²) in [5, 5.41) is 9.27. The molecule has 4 heteroatoms. The van der Waals surface area contributed by atoms with Gasteiger partial charge in [0.25, 0.3) is 0 Å². The number of anilines is 1. The fraction of sp³-hybridized carbons (Fsp3) is 0.429. The van der Waals surface area contributed by atoms with Crippen LogP contribution in [0.15, 0.2) is 18.2 Å². The van der Waals surface area contributed by atoms with E-state index in [0.29, 0.717) is 12.1 Å². The smallest absolute Gasteiger partial charge is 0.327 e. The van der Waals surface area contributed by atoms with Crippen molar-refractivity contribution in [1.82, 2.24) is 0 Å². The molecule has 0 saturated carbocycles. The van der Waals surface area contributed by atoms with Gasteiger partial charge < -0.3 is 10.0 Å². The van der Waals surface area contributed by atoms with Crippen LogP contribution in [0.2, 0.25) is 0 Å². The molecule has 0 spiro atoms. The lowest BCUT2D eigenvalue weighted by atomic mass is 10.0. The number of carbonyl (C=O) groups excluding carboxylic acids is 1. The normalized spacial score (nSPS) is 12.3. The third-order valence-electron chi connectivity index (χ3n) is 2.94. The molecule has 1 N–H and O–H groups in total. The molecule has 0 heterocycles. The van der Waals surface area contributed by atoms with Gasteiger partial charge in [-0.05, 0) is 37.0 Å². The van der Waals surface area contributed by atoms with E-state index >= 15 is 0 Å². The molecule has 1 unspecified atom stereocenters. The van der Waals surface area contributed by atoms with Crippen LogP contribution in [0.3, 0.4) is 0 Å². The van der Waals surface area contributed by atoms with Crippen molar-refractivity contribution in [3.05, 3.63) is 29.3 Å². The number of carboxylic acids is 1. The predicted octanol–water partition coefficient (Wildman–Crippen LogP) is 2.38. The zero-order chi connectivity index (χ0) is 13.9. The maximum atomic E-state index is 11.3. The average molecular weight is 249 g/mol. The van der Waals surface area contributed by atoms with Crippen molar-refractivity contribution in [3.8, 4) is 0 Å². The largest absolute Gasteiger partial charge is 0.480 e. The maximum absolute atomic E-state index is 11.3. The molecule has 0 aliphatic rings. The summed E-state index contributed by atoms with van der Waals surface area (Å²) in [6.45, 7) is 7.36. The fourth-order valence-corrected chi connectivity index (χ4v) is 2.00. The molecular weight excluding hydrogens is 230 g/mol. The van der Waals surface area contributed by atoms with Crippen LogP contribution in [-0.2, 0) is 9.59 Å². The Morgan fingerprint density at radius 1 is 1.33 bits per heavy atom. The van der Waals surface area contributed by atoms with E-state index < -0.39 is 12.0 Å². The van der Waals surface area contributed by atoms with Crippen LogP contribution >= 0.6 is 0 Å². The van der Waals surface area contributed by atoms with Crippen LogP contribution in [0.1, 0.15) is 25.0 Å². The van der Waals surface area contributed by atoms with Crippen molar-refractivity contribution in [3.63, 3.8) is 0 Å². The summed E-state index contributed by atoms with van der Waals surface area (Å²) in [5.74, 6) is -1.15. The Hall–Kier alpha value is -1.84. The quantitative estimate of drug-likeness (QED) is 0.815. The first-order valence-corrected chi connectivity index (χ1v) is 5.92. The average Bonchev–Trinajstić information content (AvgIpc) is 2.28. The van der Waals surface area contributed by atoms with E-state index in [1.807, 2.05) is 32.0 Å². The Balaban J connectivity index is 3.27. The van der Waals surface area contributed by atoms with Crippen molar-refractivity contribution >= 4 is 18.1 Å². The highest BCUT2D eigenvalue weighted by Crippen LogP contribution is 2.25. The van der Waals surface area contributed by atoms with Crippen molar-refractivity contribution in [2.75, 3.05) is 4.90 Å². The highest BCUT2D eigenvalue weighted by Gasteiger charge is 2.29. The first-order valence-electron chi connectivity index (χ1n) is 5.92. The van der Waals surface area contributed by atoms with Crippen LogP contribution in [0.4, 0.5) is 5.69 Å². The Bertz CT molecular complexity index is 454. The first-order chi connectivity index (χ1) is 8.38. The summed E-state index contributed by atoms with van der Waals surface area (Å²) in [5.41, 5.74) is 2.54. The topological polar surface area (TPSA) is 57.6 Å². The van der Waals surface area contributed by atoms with Crippen LogP contribution in [0, 0.1) is 19.8 Å². The summed E-state index contributed by atoms with van der Waals surface area (Å²) < 4.78 is 0. The number of rotatable bonds is 5. The van der Waals surface area contributed by atoms with Gasteiger partial charge >= 0.3 is 5.97 Å². The van der Waals surface area contributed by atoms with Gasteiger partial charge in [-0.1, -0.05) is 26.0 Å². The molecule has 4 nitrogen and oxygen atoms in total. The second-order valence-electron chi connectivity index (χ2n) is 4.83. The van der Waals surface area contributed by atoms with Crippen molar-refractivity contribution in [2.24, 2.45) is 5.92 Å². The van der Waals surface area contributed by atoms with Gasteiger partial charge in [-0.3, -0.25) is 4.79 Å². The van der Waals surface area contributed by atoms with E-state index in [0.717, 1.165) is 11.1 Å². The van der Waals surface area contributed by atoms with Crippen LogP contribution < -0.4 is 4.90 Å². The zero-order valence-corrected chi connectivity index (χ0v) is 11.2. The number of aryl methyl sites for hydroxylation is 2. The number of hydrogen-bond donors (Lipinski definition) is 1. The summed E-state index contributed by atoms with van der Waals surface area (Å²) in [6, 6.07) is 4.82. The lowest BCUT2D eigenvalue weighted by Crippen LogP contribution is -2.44. The van der Waals surface area contributed by atoms with E-state index in [2.05, 4.69) is 0 Å². The second kappa shape index (κ2) is 5.67. The van der Waals surface area contributed by atoms with Gasteiger partial charge in [-0.15, -0.1) is 0 Å². The molecule has 0 fully saturated rings. The number of carbonyl (C=O) groups is 2. The van der Waals surface area contributed by atoms with E-state index in [1.165, 1.54) is 4.90 Å². The third-order valence-corrected chi connectivity index (χ3v) is 2.94. The molecule has 0 bridgehead atoms. The van der Waals surface area contributed by atoms with Gasteiger partial charge in [0, 0.05) is 5.69 Å². The number of aliphatic carboxylic acids is 1. The summed E-state index contributed by atoms with van der Waals surface area (Å²) in [4.78, 5) is 23.9. The summed E-state index contributed by atoms with van der Waals surface area (Å²) in [6.07, 6.45) is 0.598. The molecule has 0 saturated heterocycles. The van der Waals surface area contributed by atoms with E-state index in [-0.39, 0.29) is 5.92 Å². The van der Waals surface area contributed by atoms with Crippen LogP contribution in [0.5, 0.6) is 0 Å². The highest BCUT2D eigenvalue weighted by molar-refractivity contribution is 5.89. The minimum atomic E-state index is -0.988. The molecule has 18 heavy (non-hydrogen) atoms. The summed E-state index contributed by atoms with van der Waals surface area (Å²) >= 11 is 0. The number of benzene rings is 1. The Labute approximate surface area is 107 Å². The molecule has 1 amide bonds. The Morgan fingerprint density at radius 3 is 2.39 bits per heavy atom. The van der Waals surface area contributed by atoms with Crippen molar-refractivity contribution in [2.45, 2.75) is 33.7 Å². The lowest BCUT2D eigenvalue weighted by molar-refractivity contribution is -0.140. The predicted molar refractivity (Wildman–Crippen MR) is 70.7 cm³/mol. The minimum absolute atomic E-state index is 0.160. The van der Waals surface area contributed by atoms with Gasteiger partial charge in [-0.2, -0.15) is 0 Å². The van der Waals surface area contributed by atoms with Gasteiger partial charge in [0.2, 0.25) is 6.41 Å². The third kappa shape index (κ3) is 2.88. The van der Waals surface area contributed by atoms with Gasteiger partial charge in [-0.25, -0.2) is 4.79 Å². The SMILES string of the molecule is Cc1ccc(C)c(N(C=O)C(C(=O)O)C(C)C)c1. The first kappa shape index (κ1) is 14.2.